The van der Waals surface area contributed by atoms with Crippen molar-refractivity contribution in [3.8, 4) is 0 Å². The standard InChI is InChI=1S/C8H7FINO2/c1-2-13-8(12)7-6(9)3-5(10)4-11-7/h3-4H,2H2,1H3. The minimum absolute atomic E-state index is 0.214. The lowest BCUT2D eigenvalue weighted by Gasteiger charge is -2.01. The first-order chi connectivity index (χ1) is 6.15. The van der Waals surface area contributed by atoms with Gasteiger partial charge in [-0.3, -0.25) is 0 Å². The summed E-state index contributed by atoms with van der Waals surface area (Å²) in [5, 5.41) is 0. The normalized spacial score (nSPS) is 9.77. The second-order valence-corrected chi connectivity index (χ2v) is 3.45. The molecule has 0 aromatic carbocycles. The highest BCUT2D eigenvalue weighted by Crippen LogP contribution is 2.09. The van der Waals surface area contributed by atoms with Gasteiger partial charge in [-0.05, 0) is 35.6 Å². The van der Waals surface area contributed by atoms with Gasteiger partial charge in [0.05, 0.1) is 6.61 Å². The number of carbonyl (C=O) groups is 1. The first kappa shape index (κ1) is 10.4. The van der Waals surface area contributed by atoms with E-state index in [4.69, 9.17) is 0 Å². The molecule has 0 spiro atoms. The number of ether oxygens (including phenoxy) is 1. The predicted octanol–water partition coefficient (Wildman–Crippen LogP) is 2.00. The van der Waals surface area contributed by atoms with E-state index in [9.17, 15) is 9.18 Å². The Morgan fingerprint density at radius 1 is 1.77 bits per heavy atom. The van der Waals surface area contributed by atoms with Crippen LogP contribution < -0.4 is 0 Å². The van der Waals surface area contributed by atoms with Crippen LogP contribution in [-0.2, 0) is 4.74 Å². The second kappa shape index (κ2) is 4.50. The van der Waals surface area contributed by atoms with E-state index in [0.717, 1.165) is 0 Å². The van der Waals surface area contributed by atoms with Gasteiger partial charge in [0.15, 0.2) is 11.5 Å². The Kier molecular flexibility index (Phi) is 3.58. The Balaban J connectivity index is 2.95. The predicted molar refractivity (Wildman–Crippen MR) is 52.9 cm³/mol. The smallest absolute Gasteiger partial charge is 0.359 e. The molecule has 0 N–H and O–H groups in total. The van der Waals surface area contributed by atoms with Crippen LogP contribution in [0.3, 0.4) is 0 Å². The highest BCUT2D eigenvalue weighted by molar-refractivity contribution is 14.1. The van der Waals surface area contributed by atoms with Crippen LogP contribution in [0.2, 0.25) is 0 Å². The van der Waals surface area contributed by atoms with Crippen molar-refractivity contribution in [3.63, 3.8) is 0 Å². The molecule has 1 aromatic heterocycles. The van der Waals surface area contributed by atoms with E-state index in [1.54, 1.807) is 6.92 Å². The van der Waals surface area contributed by atoms with Crippen molar-refractivity contribution < 1.29 is 13.9 Å². The summed E-state index contributed by atoms with van der Waals surface area (Å²) in [7, 11) is 0. The van der Waals surface area contributed by atoms with Gasteiger partial charge >= 0.3 is 5.97 Å². The van der Waals surface area contributed by atoms with E-state index in [1.165, 1.54) is 12.3 Å². The number of esters is 1. The van der Waals surface area contributed by atoms with Crippen LogP contribution in [0.15, 0.2) is 12.3 Å². The van der Waals surface area contributed by atoms with Crippen molar-refractivity contribution in [2.75, 3.05) is 6.61 Å². The fraction of sp³-hybridized carbons (Fsp3) is 0.250. The Hall–Kier alpha value is -0.720. The largest absolute Gasteiger partial charge is 0.461 e. The van der Waals surface area contributed by atoms with Crippen LogP contribution in [-0.4, -0.2) is 17.6 Å². The Bertz CT molecular complexity index is 330. The Morgan fingerprint density at radius 2 is 2.46 bits per heavy atom. The third-order valence-electron chi connectivity index (χ3n) is 1.28. The summed E-state index contributed by atoms with van der Waals surface area (Å²) >= 11 is 1.91. The Labute approximate surface area is 88.4 Å². The summed E-state index contributed by atoms with van der Waals surface area (Å²) in [6.45, 7) is 1.87. The minimum Gasteiger partial charge on any atom is -0.461 e. The van der Waals surface area contributed by atoms with Crippen molar-refractivity contribution in [3.05, 3.63) is 27.3 Å². The zero-order valence-electron chi connectivity index (χ0n) is 6.88. The molecule has 1 rings (SSSR count). The van der Waals surface area contributed by atoms with Gasteiger partial charge in [-0.15, -0.1) is 0 Å². The van der Waals surface area contributed by atoms with Gasteiger partial charge in [0.2, 0.25) is 0 Å². The summed E-state index contributed by atoms with van der Waals surface area (Å²) in [6.07, 6.45) is 1.41. The number of hydrogen-bond acceptors (Lipinski definition) is 3. The number of pyridine rings is 1. The molecular weight excluding hydrogens is 288 g/mol. The summed E-state index contributed by atoms with van der Waals surface area (Å²) in [5.74, 6) is -1.37. The first-order valence-electron chi connectivity index (χ1n) is 3.63. The van der Waals surface area contributed by atoms with Gasteiger partial charge < -0.3 is 4.74 Å². The SMILES string of the molecule is CCOC(=O)c1ncc(I)cc1F. The van der Waals surface area contributed by atoms with Crippen LogP contribution in [0, 0.1) is 9.39 Å². The van der Waals surface area contributed by atoms with Crippen LogP contribution in [0.4, 0.5) is 4.39 Å². The molecule has 1 heterocycles. The van der Waals surface area contributed by atoms with Crippen molar-refractivity contribution in [1.29, 1.82) is 0 Å². The number of nitrogens with zero attached hydrogens (tertiary/aromatic N) is 1. The fourth-order valence-corrected chi connectivity index (χ4v) is 1.18. The van der Waals surface area contributed by atoms with Crippen molar-refractivity contribution in [2.24, 2.45) is 0 Å². The van der Waals surface area contributed by atoms with Crippen LogP contribution in [0.1, 0.15) is 17.4 Å². The van der Waals surface area contributed by atoms with E-state index in [-0.39, 0.29) is 12.3 Å². The lowest BCUT2D eigenvalue weighted by atomic mass is 10.3. The molecule has 1 aromatic rings. The van der Waals surface area contributed by atoms with E-state index >= 15 is 0 Å². The fourth-order valence-electron chi connectivity index (χ4n) is 0.764. The quantitative estimate of drug-likeness (QED) is 0.619. The summed E-state index contributed by atoms with van der Waals surface area (Å²) in [6, 6.07) is 1.24. The molecule has 0 aliphatic carbocycles. The molecule has 5 heteroatoms. The van der Waals surface area contributed by atoms with Gasteiger partial charge in [-0.25, -0.2) is 14.2 Å². The number of halogens is 2. The van der Waals surface area contributed by atoms with E-state index < -0.39 is 11.8 Å². The van der Waals surface area contributed by atoms with E-state index in [0.29, 0.717) is 3.57 Å². The molecule has 0 saturated heterocycles. The maximum absolute atomic E-state index is 13.1. The third kappa shape index (κ3) is 2.61. The molecule has 0 aliphatic heterocycles. The highest BCUT2D eigenvalue weighted by Gasteiger charge is 2.14. The van der Waals surface area contributed by atoms with Crippen LogP contribution in [0.5, 0.6) is 0 Å². The van der Waals surface area contributed by atoms with Crippen LogP contribution >= 0.6 is 22.6 Å². The van der Waals surface area contributed by atoms with Crippen molar-refractivity contribution >= 4 is 28.6 Å². The zero-order valence-corrected chi connectivity index (χ0v) is 9.04. The second-order valence-electron chi connectivity index (χ2n) is 2.20. The molecule has 0 radical (unpaired) electrons. The van der Waals surface area contributed by atoms with Gasteiger partial charge in [-0.2, -0.15) is 0 Å². The minimum atomic E-state index is -0.726. The summed E-state index contributed by atoms with van der Waals surface area (Å²) in [4.78, 5) is 14.7. The number of rotatable bonds is 2. The first-order valence-corrected chi connectivity index (χ1v) is 4.71. The lowest BCUT2D eigenvalue weighted by molar-refractivity contribution is 0.0513. The van der Waals surface area contributed by atoms with Gasteiger partial charge in [0.1, 0.15) is 0 Å². The number of aromatic nitrogens is 1. The monoisotopic (exact) mass is 295 g/mol. The van der Waals surface area contributed by atoms with Gasteiger partial charge in [-0.1, -0.05) is 0 Å². The van der Waals surface area contributed by atoms with E-state index in [2.05, 4.69) is 9.72 Å². The summed E-state index contributed by atoms with van der Waals surface area (Å²) < 4.78 is 18.3. The molecule has 3 nitrogen and oxygen atoms in total. The lowest BCUT2D eigenvalue weighted by Crippen LogP contribution is -2.09. The number of carbonyl (C=O) groups excluding carboxylic acids is 1. The highest BCUT2D eigenvalue weighted by atomic mass is 127. The van der Waals surface area contributed by atoms with Crippen molar-refractivity contribution in [1.82, 2.24) is 4.98 Å². The molecule has 0 amide bonds. The average Bonchev–Trinajstić information content (AvgIpc) is 2.04. The van der Waals surface area contributed by atoms with Crippen molar-refractivity contribution in [2.45, 2.75) is 6.92 Å². The molecule has 70 valence electrons. The molecular formula is C8H7FINO2. The van der Waals surface area contributed by atoms with Gasteiger partial charge in [0.25, 0.3) is 0 Å². The molecule has 13 heavy (non-hydrogen) atoms. The van der Waals surface area contributed by atoms with Gasteiger partial charge in [0, 0.05) is 9.77 Å². The number of hydrogen-bond donors (Lipinski definition) is 0. The summed E-state index contributed by atoms with van der Waals surface area (Å²) in [5.41, 5.74) is -0.262. The van der Waals surface area contributed by atoms with Crippen LogP contribution in [0.25, 0.3) is 0 Å². The molecule has 0 unspecified atom stereocenters. The van der Waals surface area contributed by atoms with E-state index in [1.807, 2.05) is 22.6 Å². The molecule has 0 saturated carbocycles. The third-order valence-corrected chi connectivity index (χ3v) is 1.87. The topological polar surface area (TPSA) is 39.2 Å². The maximum Gasteiger partial charge on any atom is 0.359 e. The average molecular weight is 295 g/mol. The molecule has 0 atom stereocenters. The Morgan fingerprint density at radius 3 is 3.00 bits per heavy atom. The maximum atomic E-state index is 13.1. The molecule has 0 fully saturated rings. The molecule has 0 bridgehead atoms. The molecule has 0 aliphatic rings. The zero-order chi connectivity index (χ0) is 9.84.